The fourth-order valence-corrected chi connectivity index (χ4v) is 5.75. The summed E-state index contributed by atoms with van der Waals surface area (Å²) in [5, 5.41) is 0. The first-order valence-electron chi connectivity index (χ1n) is 10.1. The van der Waals surface area contributed by atoms with Gasteiger partial charge in [-0.05, 0) is 35.7 Å². The SMILES string of the molecule is CS(=O)(=O)N1Cc2cc(Br)ccc2N(C(CN)c2cnc[nH]2)C[C@H]1Cc1ccccc1.Cl.Cl. The van der Waals surface area contributed by atoms with Crippen molar-refractivity contribution in [3.05, 3.63) is 82.3 Å². The molecule has 7 nitrogen and oxygen atoms in total. The van der Waals surface area contributed by atoms with Crippen LogP contribution in [0.5, 0.6) is 0 Å². The highest BCUT2D eigenvalue weighted by atomic mass is 79.9. The van der Waals surface area contributed by atoms with Crippen molar-refractivity contribution in [3.8, 4) is 0 Å². The molecule has 2 atom stereocenters. The maximum absolute atomic E-state index is 12.9. The van der Waals surface area contributed by atoms with Gasteiger partial charge in [-0.25, -0.2) is 13.4 Å². The van der Waals surface area contributed by atoms with Crippen LogP contribution < -0.4 is 10.6 Å². The van der Waals surface area contributed by atoms with E-state index in [4.69, 9.17) is 5.73 Å². The topological polar surface area (TPSA) is 95.3 Å². The number of fused-ring (bicyclic) bond motifs is 1. The Hall–Kier alpha value is -1.62. The summed E-state index contributed by atoms with van der Waals surface area (Å²) in [6.07, 6.45) is 5.32. The maximum Gasteiger partial charge on any atom is 0.211 e. The summed E-state index contributed by atoms with van der Waals surface area (Å²) in [5.74, 6) is 0. The predicted molar refractivity (Wildman–Crippen MR) is 141 cm³/mol. The first-order valence-corrected chi connectivity index (χ1v) is 12.7. The van der Waals surface area contributed by atoms with Crippen molar-refractivity contribution in [1.29, 1.82) is 0 Å². The van der Waals surface area contributed by atoms with E-state index in [2.05, 4.69) is 30.8 Å². The lowest BCUT2D eigenvalue weighted by atomic mass is 10.0. The Morgan fingerprint density at radius 3 is 2.55 bits per heavy atom. The van der Waals surface area contributed by atoms with Crippen molar-refractivity contribution >= 4 is 56.5 Å². The minimum Gasteiger partial charge on any atom is -0.360 e. The van der Waals surface area contributed by atoms with Crippen molar-refractivity contribution in [1.82, 2.24) is 14.3 Å². The Kier molecular flexibility index (Phi) is 9.78. The third-order valence-electron chi connectivity index (χ3n) is 5.71. The number of imidazole rings is 1. The van der Waals surface area contributed by atoms with E-state index in [0.717, 1.165) is 27.0 Å². The standard InChI is InChI=1S/C22H26BrN5O2S.2ClH/c1-31(29,30)28-13-17-10-18(23)7-8-21(17)27(22(11-24)20-12-25-15-26-20)14-19(28)9-16-5-3-2-4-6-16;;/h2-8,10,12,15,19,22H,9,11,13-14,24H2,1H3,(H,25,26);2*1H/t19-,22?;;/m1../s1. The molecule has 0 aliphatic carbocycles. The predicted octanol–water partition coefficient (Wildman–Crippen LogP) is 3.91. The fraction of sp³-hybridized carbons (Fsp3) is 0.318. The summed E-state index contributed by atoms with van der Waals surface area (Å²) in [4.78, 5) is 9.57. The number of nitrogens with one attached hydrogen (secondary N) is 1. The third kappa shape index (κ3) is 6.29. The van der Waals surface area contributed by atoms with E-state index in [1.165, 1.54) is 6.26 Å². The van der Waals surface area contributed by atoms with E-state index >= 15 is 0 Å². The Morgan fingerprint density at radius 2 is 1.94 bits per heavy atom. The molecular weight excluding hydrogens is 549 g/mol. The molecular formula is C22H28BrCl2N5O2S. The summed E-state index contributed by atoms with van der Waals surface area (Å²) in [7, 11) is -3.44. The quantitative estimate of drug-likeness (QED) is 0.464. The Labute approximate surface area is 215 Å². The van der Waals surface area contributed by atoms with Gasteiger partial charge < -0.3 is 15.6 Å². The van der Waals surface area contributed by atoms with Crippen molar-refractivity contribution in [2.75, 3.05) is 24.2 Å². The van der Waals surface area contributed by atoms with Crippen LogP contribution in [0.15, 0.2) is 65.5 Å². The van der Waals surface area contributed by atoms with E-state index in [0.29, 0.717) is 26.1 Å². The van der Waals surface area contributed by atoms with Crippen molar-refractivity contribution in [3.63, 3.8) is 0 Å². The summed E-state index contributed by atoms with van der Waals surface area (Å²) in [6.45, 7) is 1.19. The average molecular weight is 577 g/mol. The number of anilines is 1. The number of hydrogen-bond donors (Lipinski definition) is 2. The second kappa shape index (κ2) is 11.7. The lowest BCUT2D eigenvalue weighted by molar-refractivity contribution is 0.316. The molecule has 3 aromatic rings. The number of aromatic nitrogens is 2. The molecule has 1 aromatic heterocycles. The number of rotatable bonds is 6. The summed E-state index contributed by atoms with van der Waals surface area (Å²) < 4.78 is 28.3. The largest absolute Gasteiger partial charge is 0.360 e. The lowest BCUT2D eigenvalue weighted by Gasteiger charge is -2.36. The highest BCUT2D eigenvalue weighted by Gasteiger charge is 2.36. The third-order valence-corrected chi connectivity index (χ3v) is 7.48. The molecule has 0 saturated heterocycles. The number of hydrogen-bond acceptors (Lipinski definition) is 5. The van der Waals surface area contributed by atoms with E-state index in [1.807, 2.05) is 48.5 Å². The molecule has 11 heteroatoms. The zero-order valence-corrected chi connectivity index (χ0v) is 22.1. The normalized spacial score (nSPS) is 17.3. The minimum absolute atomic E-state index is 0. The minimum atomic E-state index is -3.44. The molecule has 0 radical (unpaired) electrons. The first-order chi connectivity index (χ1) is 14.9. The van der Waals surface area contributed by atoms with Crippen molar-refractivity contribution < 1.29 is 8.42 Å². The second-order valence-corrected chi connectivity index (χ2v) is 10.7. The van der Waals surface area contributed by atoms with E-state index < -0.39 is 10.0 Å². The molecule has 180 valence electrons. The maximum atomic E-state index is 12.9. The van der Waals surface area contributed by atoms with Crippen LogP contribution in [0.2, 0.25) is 0 Å². The van der Waals surface area contributed by atoms with Crippen LogP contribution >= 0.6 is 40.7 Å². The van der Waals surface area contributed by atoms with Crippen LogP contribution in [-0.4, -0.2) is 48.1 Å². The monoisotopic (exact) mass is 575 g/mol. The number of nitrogens with two attached hydrogens (primary N) is 1. The molecule has 0 fully saturated rings. The molecule has 0 saturated carbocycles. The molecule has 3 N–H and O–H groups in total. The zero-order chi connectivity index (χ0) is 22.0. The van der Waals surface area contributed by atoms with Gasteiger partial charge in [-0.1, -0.05) is 46.3 Å². The van der Waals surface area contributed by atoms with E-state index in [-0.39, 0.29) is 36.9 Å². The summed E-state index contributed by atoms with van der Waals surface area (Å²) >= 11 is 3.54. The second-order valence-electron chi connectivity index (χ2n) is 7.84. The van der Waals surface area contributed by atoms with Crippen molar-refractivity contribution in [2.24, 2.45) is 5.73 Å². The number of aromatic amines is 1. The Bertz CT molecular complexity index is 1130. The van der Waals surface area contributed by atoms with Gasteiger partial charge in [-0.15, -0.1) is 24.8 Å². The van der Waals surface area contributed by atoms with E-state index in [9.17, 15) is 8.42 Å². The van der Waals surface area contributed by atoms with Crippen LogP contribution in [0.3, 0.4) is 0 Å². The van der Waals surface area contributed by atoms with Crippen LogP contribution in [0, 0.1) is 0 Å². The van der Waals surface area contributed by atoms with Gasteiger partial charge in [0.1, 0.15) is 0 Å². The van der Waals surface area contributed by atoms with E-state index in [1.54, 1.807) is 16.8 Å². The molecule has 1 unspecified atom stereocenters. The van der Waals surface area contributed by atoms with Gasteiger partial charge in [0.05, 0.1) is 30.5 Å². The smallest absolute Gasteiger partial charge is 0.211 e. The van der Waals surface area contributed by atoms with Gasteiger partial charge in [0.15, 0.2) is 0 Å². The average Bonchev–Trinajstić information content (AvgIpc) is 3.20. The van der Waals surface area contributed by atoms with Gasteiger partial charge in [-0.2, -0.15) is 4.31 Å². The highest BCUT2D eigenvalue weighted by molar-refractivity contribution is 9.10. The molecule has 1 aliphatic heterocycles. The molecule has 2 heterocycles. The molecule has 0 bridgehead atoms. The summed E-state index contributed by atoms with van der Waals surface area (Å²) in [5.41, 5.74) is 10.1. The first kappa shape index (κ1) is 27.6. The molecule has 4 rings (SSSR count). The number of nitrogens with zero attached hydrogens (tertiary/aromatic N) is 3. The zero-order valence-electron chi connectivity index (χ0n) is 18.1. The van der Waals surface area contributed by atoms with Gasteiger partial charge in [0, 0.05) is 35.8 Å². The van der Waals surface area contributed by atoms with Gasteiger partial charge in [-0.3, -0.25) is 0 Å². The van der Waals surface area contributed by atoms with Crippen LogP contribution in [0.4, 0.5) is 5.69 Å². The van der Waals surface area contributed by atoms with Crippen LogP contribution in [0.1, 0.15) is 22.9 Å². The lowest BCUT2D eigenvalue weighted by Crippen LogP contribution is -2.47. The molecule has 0 amide bonds. The van der Waals surface area contributed by atoms with Crippen LogP contribution in [0.25, 0.3) is 0 Å². The fourth-order valence-electron chi connectivity index (χ4n) is 4.28. The highest BCUT2D eigenvalue weighted by Crippen LogP contribution is 2.36. The summed E-state index contributed by atoms with van der Waals surface area (Å²) in [6, 6.07) is 15.6. The molecule has 2 aromatic carbocycles. The molecule has 33 heavy (non-hydrogen) atoms. The van der Waals surface area contributed by atoms with Crippen molar-refractivity contribution in [2.45, 2.75) is 25.0 Å². The Balaban J connectivity index is 0.00000193. The van der Waals surface area contributed by atoms with Gasteiger partial charge in [0.25, 0.3) is 0 Å². The molecule has 0 spiro atoms. The number of benzene rings is 2. The number of halogens is 3. The van der Waals surface area contributed by atoms with Crippen LogP contribution in [-0.2, 0) is 23.0 Å². The molecule has 1 aliphatic rings. The van der Waals surface area contributed by atoms with Gasteiger partial charge in [0.2, 0.25) is 10.0 Å². The Morgan fingerprint density at radius 1 is 1.21 bits per heavy atom. The van der Waals surface area contributed by atoms with Gasteiger partial charge >= 0.3 is 0 Å². The number of sulfonamides is 1. The number of H-pyrrole nitrogens is 1.